The summed E-state index contributed by atoms with van der Waals surface area (Å²) in [5.74, 6) is -2.91. The summed E-state index contributed by atoms with van der Waals surface area (Å²) in [4.78, 5) is 25.5. The summed E-state index contributed by atoms with van der Waals surface area (Å²) in [6, 6.07) is 8.07. The topological polar surface area (TPSA) is 58.6 Å². The van der Waals surface area contributed by atoms with Crippen LogP contribution in [0.5, 0.6) is 5.75 Å². The van der Waals surface area contributed by atoms with Crippen LogP contribution in [0.1, 0.15) is 6.42 Å². The van der Waals surface area contributed by atoms with Crippen molar-refractivity contribution in [2.75, 3.05) is 23.9 Å². The van der Waals surface area contributed by atoms with Crippen LogP contribution < -0.4 is 15.0 Å². The van der Waals surface area contributed by atoms with E-state index < -0.39 is 35.1 Å². The van der Waals surface area contributed by atoms with E-state index in [4.69, 9.17) is 16.3 Å². The van der Waals surface area contributed by atoms with Crippen LogP contribution in [-0.2, 0) is 9.59 Å². The van der Waals surface area contributed by atoms with Gasteiger partial charge in [0.05, 0.1) is 18.1 Å². The zero-order chi connectivity index (χ0) is 18.8. The minimum absolute atomic E-state index is 0.105. The number of carbonyl (C=O) groups excluding carboxylic acids is 2. The second-order valence-corrected chi connectivity index (χ2v) is 6.22. The molecular weight excluding hydrogens is 366 g/mol. The number of nitrogens with zero attached hydrogens (tertiary/aromatic N) is 1. The molecule has 1 heterocycles. The van der Waals surface area contributed by atoms with E-state index in [1.54, 1.807) is 12.1 Å². The van der Waals surface area contributed by atoms with Gasteiger partial charge in [0.2, 0.25) is 11.8 Å². The summed E-state index contributed by atoms with van der Waals surface area (Å²) in [6.45, 7) is -0.105. The third-order valence-corrected chi connectivity index (χ3v) is 4.42. The van der Waals surface area contributed by atoms with E-state index in [1.165, 1.54) is 19.2 Å². The van der Waals surface area contributed by atoms with Gasteiger partial charge in [-0.05, 0) is 30.3 Å². The van der Waals surface area contributed by atoms with Crippen molar-refractivity contribution in [3.05, 3.63) is 53.1 Å². The molecule has 0 aliphatic carbocycles. The highest BCUT2D eigenvalue weighted by molar-refractivity contribution is 6.32. The Morgan fingerprint density at radius 1 is 1.27 bits per heavy atom. The summed E-state index contributed by atoms with van der Waals surface area (Å²) in [7, 11) is 1.47. The average Bonchev–Trinajstić information content (AvgIpc) is 2.97. The van der Waals surface area contributed by atoms with E-state index in [2.05, 4.69) is 5.32 Å². The largest absolute Gasteiger partial charge is 0.495 e. The predicted molar refractivity (Wildman–Crippen MR) is 93.5 cm³/mol. The van der Waals surface area contributed by atoms with Gasteiger partial charge in [-0.3, -0.25) is 9.59 Å². The van der Waals surface area contributed by atoms with Crippen molar-refractivity contribution in [3.8, 4) is 5.75 Å². The number of hydrogen-bond acceptors (Lipinski definition) is 3. The van der Waals surface area contributed by atoms with E-state index >= 15 is 0 Å². The molecule has 1 atom stereocenters. The molecule has 1 aliphatic heterocycles. The Bertz CT molecular complexity index is 855. The van der Waals surface area contributed by atoms with Crippen molar-refractivity contribution in [2.45, 2.75) is 6.42 Å². The zero-order valence-corrected chi connectivity index (χ0v) is 14.5. The van der Waals surface area contributed by atoms with Gasteiger partial charge >= 0.3 is 0 Å². The molecule has 1 saturated heterocycles. The first-order valence-corrected chi connectivity index (χ1v) is 8.17. The number of rotatable bonds is 4. The molecule has 0 bridgehead atoms. The maximum atomic E-state index is 13.9. The van der Waals surface area contributed by atoms with Gasteiger partial charge in [0.25, 0.3) is 0 Å². The number of hydrogen-bond donors (Lipinski definition) is 1. The van der Waals surface area contributed by atoms with Gasteiger partial charge < -0.3 is 15.0 Å². The van der Waals surface area contributed by atoms with Gasteiger partial charge in [-0.15, -0.1) is 0 Å². The molecule has 8 heteroatoms. The molecule has 2 aromatic rings. The molecule has 0 radical (unpaired) electrons. The zero-order valence-electron chi connectivity index (χ0n) is 13.8. The first kappa shape index (κ1) is 18.1. The Hall–Kier alpha value is -2.67. The Kier molecular flexibility index (Phi) is 5.08. The molecule has 1 N–H and O–H groups in total. The van der Waals surface area contributed by atoms with Crippen molar-refractivity contribution in [2.24, 2.45) is 5.92 Å². The van der Waals surface area contributed by atoms with Crippen LogP contribution in [0.4, 0.5) is 20.2 Å². The molecule has 26 heavy (non-hydrogen) atoms. The number of ether oxygens (including phenoxy) is 1. The first-order chi connectivity index (χ1) is 12.4. The Morgan fingerprint density at radius 3 is 2.58 bits per heavy atom. The summed E-state index contributed by atoms with van der Waals surface area (Å²) >= 11 is 6.01. The molecule has 1 unspecified atom stereocenters. The average molecular weight is 381 g/mol. The number of carbonyl (C=O) groups is 2. The van der Waals surface area contributed by atoms with E-state index in [-0.39, 0.29) is 13.0 Å². The SMILES string of the molecule is COc1ccc(NC(=O)C2CC(=O)N(c3c(F)cccc3F)C2)cc1Cl. The lowest BCUT2D eigenvalue weighted by molar-refractivity contribution is -0.122. The smallest absolute Gasteiger partial charge is 0.229 e. The molecule has 2 amide bonds. The van der Waals surface area contributed by atoms with E-state index in [1.807, 2.05) is 0 Å². The van der Waals surface area contributed by atoms with Crippen LogP contribution in [0.25, 0.3) is 0 Å². The van der Waals surface area contributed by atoms with Crippen LogP contribution in [0.2, 0.25) is 5.02 Å². The molecule has 3 rings (SSSR count). The van der Waals surface area contributed by atoms with Crippen LogP contribution >= 0.6 is 11.6 Å². The third kappa shape index (κ3) is 3.48. The lowest BCUT2D eigenvalue weighted by atomic mass is 10.1. The molecule has 5 nitrogen and oxygen atoms in total. The maximum Gasteiger partial charge on any atom is 0.229 e. The third-order valence-electron chi connectivity index (χ3n) is 4.12. The number of methoxy groups -OCH3 is 1. The van der Waals surface area contributed by atoms with Crippen LogP contribution in [0, 0.1) is 17.6 Å². The summed E-state index contributed by atoms with van der Waals surface area (Å²) in [5.41, 5.74) is 0.00376. The summed E-state index contributed by atoms with van der Waals surface area (Å²) in [6.07, 6.45) is -0.135. The van der Waals surface area contributed by atoms with Gasteiger partial charge in [-0.2, -0.15) is 0 Å². The van der Waals surface area contributed by atoms with Gasteiger partial charge in [0.15, 0.2) is 0 Å². The van der Waals surface area contributed by atoms with Crippen LogP contribution in [0.15, 0.2) is 36.4 Å². The van der Waals surface area contributed by atoms with Crippen molar-refractivity contribution >= 4 is 34.8 Å². The lowest BCUT2D eigenvalue weighted by Gasteiger charge is -2.18. The molecule has 1 fully saturated rings. The number of halogens is 3. The predicted octanol–water partition coefficient (Wildman–Crippen LogP) is 3.62. The number of nitrogens with one attached hydrogen (secondary N) is 1. The molecule has 136 valence electrons. The van der Waals surface area contributed by atoms with Crippen LogP contribution in [-0.4, -0.2) is 25.5 Å². The quantitative estimate of drug-likeness (QED) is 0.881. The van der Waals surface area contributed by atoms with Crippen molar-refractivity contribution in [3.63, 3.8) is 0 Å². The lowest BCUT2D eigenvalue weighted by Crippen LogP contribution is -2.29. The van der Waals surface area contributed by atoms with Gasteiger partial charge in [-0.1, -0.05) is 17.7 Å². The second-order valence-electron chi connectivity index (χ2n) is 5.81. The van der Waals surface area contributed by atoms with E-state index in [9.17, 15) is 18.4 Å². The number of anilines is 2. The minimum Gasteiger partial charge on any atom is -0.495 e. The Balaban J connectivity index is 1.74. The van der Waals surface area contributed by atoms with Crippen molar-refractivity contribution in [1.29, 1.82) is 0 Å². The monoisotopic (exact) mass is 380 g/mol. The van der Waals surface area contributed by atoms with Gasteiger partial charge in [0.1, 0.15) is 23.1 Å². The van der Waals surface area contributed by atoms with Gasteiger partial charge in [0, 0.05) is 18.7 Å². The number of benzene rings is 2. The molecule has 2 aromatic carbocycles. The Labute approximate surface area is 153 Å². The van der Waals surface area contributed by atoms with E-state index in [0.29, 0.717) is 16.5 Å². The molecule has 1 aliphatic rings. The highest BCUT2D eigenvalue weighted by Gasteiger charge is 2.37. The fourth-order valence-corrected chi connectivity index (χ4v) is 3.09. The van der Waals surface area contributed by atoms with Crippen LogP contribution in [0.3, 0.4) is 0 Å². The molecule has 0 spiro atoms. The standard InChI is InChI=1S/C18H15ClF2N2O3/c1-26-15-6-5-11(8-12(15)19)22-18(25)10-7-16(24)23(9-10)17-13(20)3-2-4-14(17)21/h2-6,8,10H,7,9H2,1H3,(H,22,25). The van der Waals surface area contributed by atoms with Crippen molar-refractivity contribution < 1.29 is 23.1 Å². The number of amides is 2. The Morgan fingerprint density at radius 2 is 1.96 bits per heavy atom. The minimum atomic E-state index is -0.846. The normalized spacial score (nSPS) is 16.7. The fraction of sp³-hybridized carbons (Fsp3) is 0.222. The van der Waals surface area contributed by atoms with Crippen molar-refractivity contribution in [1.82, 2.24) is 0 Å². The molecule has 0 aromatic heterocycles. The van der Waals surface area contributed by atoms with E-state index in [0.717, 1.165) is 17.0 Å². The highest BCUT2D eigenvalue weighted by atomic mass is 35.5. The maximum absolute atomic E-state index is 13.9. The summed E-state index contributed by atoms with van der Waals surface area (Å²) in [5, 5.41) is 2.97. The highest BCUT2D eigenvalue weighted by Crippen LogP contribution is 2.31. The summed E-state index contributed by atoms with van der Waals surface area (Å²) < 4.78 is 32.8. The number of para-hydroxylation sites is 1. The molecular formula is C18H15ClF2N2O3. The second kappa shape index (κ2) is 7.29. The molecule has 0 saturated carbocycles. The van der Waals surface area contributed by atoms with Gasteiger partial charge in [-0.25, -0.2) is 8.78 Å². The first-order valence-electron chi connectivity index (χ1n) is 7.79. The fourth-order valence-electron chi connectivity index (χ4n) is 2.83.